The molecule has 2 aromatic heterocycles. The Hall–Kier alpha value is -3.99. The van der Waals surface area contributed by atoms with Crippen LogP contribution in [-0.2, 0) is 4.79 Å². The maximum atomic E-state index is 12.8. The van der Waals surface area contributed by atoms with Crippen molar-refractivity contribution in [2.24, 2.45) is 0 Å². The third-order valence-corrected chi connectivity index (χ3v) is 5.43. The predicted octanol–water partition coefficient (Wildman–Crippen LogP) is 3.32. The van der Waals surface area contributed by atoms with Crippen LogP contribution in [0.15, 0.2) is 60.4 Å². The van der Waals surface area contributed by atoms with E-state index in [1.807, 2.05) is 34.9 Å². The standard InChI is InChI=1S/C23H22N6O2/c1-2-16(13-24)22(31)28-12-6-8-18(15-28)29-20-10-4-3-9-19(20)26-23(29)27-21(30)17-7-5-11-25-14-17/h2-5,7,9-11,14,18H,6,8,12,15H2,1H3,(H,26,27,30)/b16-2+. The molecule has 3 heterocycles. The van der Waals surface area contributed by atoms with E-state index in [2.05, 4.69) is 15.3 Å². The van der Waals surface area contributed by atoms with Crippen LogP contribution in [0.2, 0.25) is 0 Å². The molecule has 0 saturated carbocycles. The first-order valence-corrected chi connectivity index (χ1v) is 10.2. The van der Waals surface area contributed by atoms with Crippen molar-refractivity contribution in [3.63, 3.8) is 0 Å². The highest BCUT2D eigenvalue weighted by Crippen LogP contribution is 2.31. The molecule has 1 unspecified atom stereocenters. The number of nitriles is 1. The SMILES string of the molecule is C/C=C(\C#N)C(=O)N1CCCC(n2c(NC(=O)c3cccnc3)nc3ccccc32)C1. The van der Waals surface area contributed by atoms with Crippen molar-refractivity contribution in [3.8, 4) is 6.07 Å². The molecule has 0 radical (unpaired) electrons. The Bertz CT molecular complexity index is 1190. The molecule has 1 fully saturated rings. The number of hydrogen-bond acceptors (Lipinski definition) is 5. The number of hydrogen-bond donors (Lipinski definition) is 1. The van der Waals surface area contributed by atoms with Gasteiger partial charge in [0, 0.05) is 25.5 Å². The number of para-hydroxylation sites is 2. The highest BCUT2D eigenvalue weighted by molar-refractivity contribution is 6.04. The lowest BCUT2D eigenvalue weighted by molar-refractivity contribution is -0.128. The van der Waals surface area contributed by atoms with Crippen LogP contribution in [0.25, 0.3) is 11.0 Å². The Kier molecular flexibility index (Phi) is 5.76. The van der Waals surface area contributed by atoms with Crippen LogP contribution in [-0.4, -0.2) is 44.3 Å². The van der Waals surface area contributed by atoms with Crippen molar-refractivity contribution in [1.29, 1.82) is 5.26 Å². The van der Waals surface area contributed by atoms with Gasteiger partial charge in [0.15, 0.2) is 0 Å². The molecule has 1 N–H and O–H groups in total. The lowest BCUT2D eigenvalue weighted by atomic mass is 10.0. The summed E-state index contributed by atoms with van der Waals surface area (Å²) in [6.45, 7) is 2.72. The fourth-order valence-corrected chi connectivity index (χ4v) is 3.93. The van der Waals surface area contributed by atoms with Gasteiger partial charge in [-0.3, -0.25) is 19.9 Å². The monoisotopic (exact) mass is 414 g/mol. The Morgan fingerprint density at radius 1 is 1.26 bits per heavy atom. The second kappa shape index (κ2) is 8.79. The van der Waals surface area contributed by atoms with Crippen LogP contribution < -0.4 is 5.32 Å². The van der Waals surface area contributed by atoms with Crippen molar-refractivity contribution < 1.29 is 9.59 Å². The molecular formula is C23H22N6O2. The second-order valence-corrected chi connectivity index (χ2v) is 7.35. The number of aromatic nitrogens is 3. The number of nitrogens with one attached hydrogen (secondary N) is 1. The van der Waals surface area contributed by atoms with Gasteiger partial charge >= 0.3 is 0 Å². The highest BCUT2D eigenvalue weighted by atomic mass is 16.2. The minimum atomic E-state index is -0.297. The van der Waals surface area contributed by atoms with Crippen LogP contribution in [0.5, 0.6) is 0 Å². The Morgan fingerprint density at radius 3 is 2.84 bits per heavy atom. The summed E-state index contributed by atoms with van der Waals surface area (Å²) in [5.74, 6) is -0.130. The van der Waals surface area contributed by atoms with Crippen molar-refractivity contribution in [2.75, 3.05) is 18.4 Å². The number of anilines is 1. The van der Waals surface area contributed by atoms with E-state index in [4.69, 9.17) is 0 Å². The van der Waals surface area contributed by atoms with Crippen LogP contribution in [0.1, 0.15) is 36.2 Å². The summed E-state index contributed by atoms with van der Waals surface area (Å²) < 4.78 is 1.99. The molecule has 1 aromatic carbocycles. The predicted molar refractivity (Wildman–Crippen MR) is 116 cm³/mol. The number of imidazole rings is 1. The average molecular weight is 414 g/mol. The summed E-state index contributed by atoms with van der Waals surface area (Å²) in [6, 6.07) is 13.0. The number of fused-ring (bicyclic) bond motifs is 1. The first-order chi connectivity index (χ1) is 15.1. The topological polar surface area (TPSA) is 104 Å². The highest BCUT2D eigenvalue weighted by Gasteiger charge is 2.29. The van der Waals surface area contributed by atoms with Crippen LogP contribution in [0.4, 0.5) is 5.95 Å². The van der Waals surface area contributed by atoms with Crippen LogP contribution >= 0.6 is 0 Å². The molecule has 0 spiro atoms. The van der Waals surface area contributed by atoms with Gasteiger partial charge in [0.2, 0.25) is 5.95 Å². The van der Waals surface area contributed by atoms with Crippen molar-refractivity contribution in [1.82, 2.24) is 19.4 Å². The molecule has 1 saturated heterocycles. The maximum Gasteiger partial charge on any atom is 0.264 e. The minimum absolute atomic E-state index is 0.0777. The average Bonchev–Trinajstić information content (AvgIpc) is 3.18. The number of allylic oxidation sites excluding steroid dienone is 1. The first kappa shape index (κ1) is 20.3. The van der Waals surface area contributed by atoms with E-state index in [0.717, 1.165) is 23.9 Å². The third-order valence-electron chi connectivity index (χ3n) is 5.43. The number of carbonyl (C=O) groups excluding carboxylic acids is 2. The van der Waals surface area contributed by atoms with E-state index in [9.17, 15) is 14.9 Å². The molecule has 4 rings (SSSR count). The Labute approximate surface area is 179 Å². The number of pyridine rings is 1. The second-order valence-electron chi connectivity index (χ2n) is 7.35. The largest absolute Gasteiger partial charge is 0.336 e. The lowest BCUT2D eigenvalue weighted by Gasteiger charge is -2.34. The van der Waals surface area contributed by atoms with E-state index in [1.165, 1.54) is 12.3 Å². The quantitative estimate of drug-likeness (QED) is 0.521. The maximum absolute atomic E-state index is 12.8. The summed E-state index contributed by atoms with van der Waals surface area (Å²) in [5, 5.41) is 12.1. The van der Waals surface area contributed by atoms with Gasteiger partial charge in [-0.15, -0.1) is 0 Å². The molecule has 0 bridgehead atoms. The van der Waals surface area contributed by atoms with Gasteiger partial charge in [0.25, 0.3) is 11.8 Å². The Morgan fingerprint density at radius 2 is 2.10 bits per heavy atom. The molecule has 1 aliphatic heterocycles. The molecule has 0 aliphatic carbocycles. The first-order valence-electron chi connectivity index (χ1n) is 10.2. The molecule has 3 aromatic rings. The van der Waals surface area contributed by atoms with Crippen molar-refractivity contribution >= 4 is 28.8 Å². The normalized spacial score (nSPS) is 16.7. The number of benzene rings is 1. The van der Waals surface area contributed by atoms with Gasteiger partial charge in [0.05, 0.1) is 22.6 Å². The van der Waals surface area contributed by atoms with E-state index < -0.39 is 0 Å². The van der Waals surface area contributed by atoms with Crippen molar-refractivity contribution in [2.45, 2.75) is 25.8 Å². The zero-order chi connectivity index (χ0) is 21.8. The number of piperidine rings is 1. The molecule has 8 nitrogen and oxygen atoms in total. The molecule has 156 valence electrons. The van der Waals surface area contributed by atoms with Gasteiger partial charge in [-0.05, 0) is 44.0 Å². The number of nitrogens with zero attached hydrogens (tertiary/aromatic N) is 5. The molecular weight excluding hydrogens is 392 g/mol. The zero-order valence-corrected chi connectivity index (χ0v) is 17.2. The molecule has 1 atom stereocenters. The molecule has 2 amide bonds. The Balaban J connectivity index is 1.68. The van der Waals surface area contributed by atoms with Gasteiger partial charge in [-0.25, -0.2) is 4.98 Å². The van der Waals surface area contributed by atoms with Gasteiger partial charge in [-0.2, -0.15) is 5.26 Å². The lowest BCUT2D eigenvalue weighted by Crippen LogP contribution is -2.41. The molecule has 8 heteroatoms. The smallest absolute Gasteiger partial charge is 0.264 e. The number of rotatable bonds is 4. The van der Waals surface area contributed by atoms with Crippen LogP contribution in [0, 0.1) is 11.3 Å². The van der Waals surface area contributed by atoms with Crippen LogP contribution in [0.3, 0.4) is 0 Å². The van der Waals surface area contributed by atoms with E-state index in [-0.39, 0.29) is 23.4 Å². The zero-order valence-electron chi connectivity index (χ0n) is 17.2. The van der Waals surface area contributed by atoms with Gasteiger partial charge in [0.1, 0.15) is 11.6 Å². The number of amides is 2. The molecule has 1 aliphatic rings. The summed E-state index contributed by atoms with van der Waals surface area (Å²) in [7, 11) is 0. The molecule has 31 heavy (non-hydrogen) atoms. The summed E-state index contributed by atoms with van der Waals surface area (Å²) in [5.41, 5.74) is 2.22. The fourth-order valence-electron chi connectivity index (χ4n) is 3.93. The van der Waals surface area contributed by atoms with E-state index in [0.29, 0.717) is 24.6 Å². The van der Waals surface area contributed by atoms with Gasteiger partial charge < -0.3 is 9.47 Å². The van der Waals surface area contributed by atoms with E-state index in [1.54, 1.807) is 30.2 Å². The fraction of sp³-hybridized carbons (Fsp3) is 0.261. The number of likely N-dealkylation sites (tertiary alicyclic amines) is 1. The number of carbonyl (C=O) groups is 2. The van der Waals surface area contributed by atoms with Gasteiger partial charge in [-0.1, -0.05) is 18.2 Å². The third kappa shape index (κ3) is 4.03. The summed E-state index contributed by atoms with van der Waals surface area (Å²) in [4.78, 5) is 35.8. The summed E-state index contributed by atoms with van der Waals surface area (Å²) >= 11 is 0. The minimum Gasteiger partial charge on any atom is -0.336 e. The van der Waals surface area contributed by atoms with Crippen molar-refractivity contribution in [3.05, 3.63) is 66.0 Å². The summed E-state index contributed by atoms with van der Waals surface area (Å²) in [6.07, 6.45) is 6.28. The van der Waals surface area contributed by atoms with E-state index >= 15 is 0 Å².